The van der Waals surface area contributed by atoms with Gasteiger partial charge in [0.1, 0.15) is 5.82 Å². The lowest BCUT2D eigenvalue weighted by Gasteiger charge is -2.15. The van der Waals surface area contributed by atoms with Crippen molar-refractivity contribution in [3.63, 3.8) is 0 Å². The molecule has 3 aromatic rings. The van der Waals surface area contributed by atoms with Crippen LogP contribution in [-0.4, -0.2) is 31.6 Å². The van der Waals surface area contributed by atoms with Crippen molar-refractivity contribution < 1.29 is 0 Å². The van der Waals surface area contributed by atoms with Gasteiger partial charge in [0.15, 0.2) is 5.65 Å². The fraction of sp³-hybridized carbons (Fsp3) is 0.455. The van der Waals surface area contributed by atoms with Gasteiger partial charge < -0.3 is 11.1 Å². The quantitative estimate of drug-likeness (QED) is 0.681. The maximum absolute atomic E-state index is 5.74. The van der Waals surface area contributed by atoms with Gasteiger partial charge in [-0.25, -0.2) is 14.5 Å². The molecule has 0 atom stereocenters. The van der Waals surface area contributed by atoms with E-state index in [1.165, 1.54) is 32.1 Å². The first-order valence-electron chi connectivity index (χ1n) is 10.3. The molecule has 1 aliphatic rings. The Bertz CT molecular complexity index is 984. The number of fused-ring (bicyclic) bond motifs is 1. The van der Waals surface area contributed by atoms with Crippen LogP contribution in [0, 0.1) is 12.8 Å². The third-order valence-electron chi connectivity index (χ3n) is 5.33. The Kier molecular flexibility index (Phi) is 6.80. The first-order chi connectivity index (χ1) is 14.0. The summed E-state index contributed by atoms with van der Waals surface area (Å²) in [6.07, 6.45) is 13.0. The number of anilines is 2. The monoisotopic (exact) mass is 393 g/mol. The van der Waals surface area contributed by atoms with Crippen molar-refractivity contribution in [1.29, 1.82) is 0 Å². The van der Waals surface area contributed by atoms with Crippen LogP contribution in [0.5, 0.6) is 0 Å². The molecule has 0 aliphatic heterocycles. The highest BCUT2D eigenvalue weighted by Gasteiger charge is 2.16. The number of hydrogen-bond donors (Lipinski definition) is 2. The molecule has 0 spiro atoms. The van der Waals surface area contributed by atoms with E-state index >= 15 is 0 Å². The zero-order valence-electron chi connectivity index (χ0n) is 17.8. The summed E-state index contributed by atoms with van der Waals surface area (Å²) in [5, 5.41) is 7.24. The fourth-order valence-electron chi connectivity index (χ4n) is 3.79. The zero-order chi connectivity index (χ0) is 20.8. The van der Waals surface area contributed by atoms with E-state index in [4.69, 9.17) is 5.73 Å². The van der Waals surface area contributed by atoms with Gasteiger partial charge in [-0.3, -0.25) is 0 Å². The number of nitrogens with one attached hydrogen (secondary N) is 1. The summed E-state index contributed by atoms with van der Waals surface area (Å²) in [6, 6.07) is 3.78. The van der Waals surface area contributed by atoms with Crippen LogP contribution in [0.2, 0.25) is 0 Å². The molecule has 3 aromatic heterocycles. The van der Waals surface area contributed by atoms with E-state index in [1.807, 2.05) is 45.3 Å². The molecule has 154 valence electrons. The predicted octanol–water partition coefficient (Wildman–Crippen LogP) is 4.49. The molecule has 0 radical (unpaired) electrons. The molecule has 7 nitrogen and oxygen atoms in total. The van der Waals surface area contributed by atoms with Crippen LogP contribution >= 0.6 is 0 Å². The minimum absolute atomic E-state index is 0.250. The molecule has 0 amide bonds. The zero-order valence-corrected chi connectivity index (χ0v) is 17.8. The smallest absolute Gasteiger partial charge is 0.222 e. The Morgan fingerprint density at radius 3 is 2.55 bits per heavy atom. The molecule has 1 saturated carbocycles. The molecule has 1 aliphatic carbocycles. The van der Waals surface area contributed by atoms with E-state index in [1.54, 1.807) is 10.7 Å². The Morgan fingerprint density at radius 2 is 1.93 bits per heavy atom. The van der Waals surface area contributed by atoms with Crippen LogP contribution in [0.3, 0.4) is 0 Å². The molecular formula is C22H31N7. The third-order valence-corrected chi connectivity index (χ3v) is 5.33. The number of nitrogens with zero attached hydrogens (tertiary/aromatic N) is 5. The normalized spacial score (nSPS) is 15.1. The summed E-state index contributed by atoms with van der Waals surface area (Å²) in [5.41, 5.74) is 10.0. The van der Waals surface area contributed by atoms with Crippen molar-refractivity contribution in [2.24, 2.45) is 5.92 Å². The van der Waals surface area contributed by atoms with Crippen molar-refractivity contribution in [2.75, 3.05) is 18.1 Å². The van der Waals surface area contributed by atoms with Crippen molar-refractivity contribution in [3.8, 4) is 0 Å². The van der Waals surface area contributed by atoms with Gasteiger partial charge in [0, 0.05) is 30.4 Å². The molecule has 4 rings (SSSR count). The second-order valence-electron chi connectivity index (χ2n) is 7.53. The molecule has 0 bridgehead atoms. The van der Waals surface area contributed by atoms with Gasteiger partial charge in [0.05, 0.1) is 17.6 Å². The molecule has 3 N–H and O–H groups in total. The van der Waals surface area contributed by atoms with E-state index in [9.17, 15) is 0 Å². The molecule has 7 heteroatoms. The summed E-state index contributed by atoms with van der Waals surface area (Å²) in [5.74, 6) is 1.97. The number of aromatic nitrogens is 5. The lowest BCUT2D eigenvalue weighted by atomic mass is 9.91. The van der Waals surface area contributed by atoms with E-state index in [2.05, 4.69) is 32.3 Å². The first-order valence-corrected chi connectivity index (χ1v) is 10.3. The van der Waals surface area contributed by atoms with Crippen molar-refractivity contribution >= 4 is 23.0 Å². The van der Waals surface area contributed by atoms with Crippen LogP contribution in [0.25, 0.3) is 11.2 Å². The van der Waals surface area contributed by atoms with Gasteiger partial charge in [0.2, 0.25) is 5.95 Å². The average Bonchev–Trinajstić information content (AvgIpc) is 3.19. The Balaban J connectivity index is 0.000000290. The number of nitrogen functional groups attached to an aromatic ring is 1. The van der Waals surface area contributed by atoms with Crippen molar-refractivity contribution in [3.05, 3.63) is 47.6 Å². The fourth-order valence-corrected chi connectivity index (χ4v) is 3.79. The Morgan fingerprint density at radius 1 is 1.17 bits per heavy atom. The average molecular weight is 394 g/mol. The van der Waals surface area contributed by atoms with E-state index in [0.717, 1.165) is 34.1 Å². The van der Waals surface area contributed by atoms with Crippen LogP contribution in [-0.2, 0) is 0 Å². The van der Waals surface area contributed by atoms with Crippen LogP contribution in [0.1, 0.15) is 62.9 Å². The second-order valence-corrected chi connectivity index (χ2v) is 7.53. The molecule has 0 aromatic carbocycles. The molecular weight excluding hydrogens is 362 g/mol. The predicted molar refractivity (Wildman–Crippen MR) is 119 cm³/mol. The SMILES string of the molecule is C/C=C(/c1ccn2nccc2n1)c1c(C)nc(N)nc1NC.CC1CCCCC1. The topological polar surface area (TPSA) is 94.0 Å². The highest BCUT2D eigenvalue weighted by molar-refractivity contribution is 5.85. The maximum atomic E-state index is 5.74. The minimum Gasteiger partial charge on any atom is -0.372 e. The van der Waals surface area contributed by atoms with Crippen LogP contribution < -0.4 is 11.1 Å². The summed E-state index contributed by atoms with van der Waals surface area (Å²) in [4.78, 5) is 13.2. The van der Waals surface area contributed by atoms with Gasteiger partial charge in [0.25, 0.3) is 0 Å². The van der Waals surface area contributed by atoms with Crippen LogP contribution in [0.15, 0.2) is 30.6 Å². The van der Waals surface area contributed by atoms with E-state index < -0.39 is 0 Å². The molecule has 29 heavy (non-hydrogen) atoms. The minimum atomic E-state index is 0.250. The van der Waals surface area contributed by atoms with Crippen LogP contribution in [0.4, 0.5) is 11.8 Å². The lowest BCUT2D eigenvalue weighted by Crippen LogP contribution is -2.08. The van der Waals surface area contributed by atoms with Gasteiger partial charge in [-0.05, 0) is 25.8 Å². The summed E-state index contributed by atoms with van der Waals surface area (Å²) < 4.78 is 1.72. The number of hydrogen-bond acceptors (Lipinski definition) is 6. The van der Waals surface area contributed by atoms with Crippen molar-refractivity contribution in [1.82, 2.24) is 24.6 Å². The highest BCUT2D eigenvalue weighted by atomic mass is 15.2. The number of rotatable bonds is 3. The third kappa shape index (κ3) is 4.91. The number of aryl methyl sites for hydroxylation is 1. The molecule has 1 fully saturated rings. The molecule has 0 unspecified atom stereocenters. The van der Waals surface area contributed by atoms with Gasteiger partial charge in [-0.2, -0.15) is 10.1 Å². The maximum Gasteiger partial charge on any atom is 0.222 e. The first kappa shape index (κ1) is 20.8. The summed E-state index contributed by atoms with van der Waals surface area (Å²) in [6.45, 7) is 6.24. The second kappa shape index (κ2) is 9.49. The van der Waals surface area contributed by atoms with Gasteiger partial charge >= 0.3 is 0 Å². The lowest BCUT2D eigenvalue weighted by molar-refractivity contribution is 0.385. The van der Waals surface area contributed by atoms with Crippen molar-refractivity contribution in [2.45, 2.75) is 52.9 Å². The Hall–Kier alpha value is -2.96. The molecule has 0 saturated heterocycles. The number of allylic oxidation sites excluding steroid dienone is 1. The van der Waals surface area contributed by atoms with E-state index in [-0.39, 0.29) is 5.95 Å². The molecule has 3 heterocycles. The number of nitrogens with two attached hydrogens (primary N) is 1. The van der Waals surface area contributed by atoms with Gasteiger partial charge in [-0.15, -0.1) is 0 Å². The largest absolute Gasteiger partial charge is 0.372 e. The Labute approximate surface area is 172 Å². The summed E-state index contributed by atoms with van der Waals surface area (Å²) >= 11 is 0. The highest BCUT2D eigenvalue weighted by Crippen LogP contribution is 2.30. The standard InChI is InChI=1S/C15H17N7.C7H14/c1-4-10(11-6-8-22-12(20-11)5-7-18-22)13-9(2)19-15(16)21-14(13)17-3;1-7-5-3-2-4-6-7/h4-8H,1-3H3,(H3,16,17,19,21);7H,2-6H2,1H3/b10-4-;. The van der Waals surface area contributed by atoms with E-state index in [0.29, 0.717) is 5.82 Å². The van der Waals surface area contributed by atoms with Gasteiger partial charge in [-0.1, -0.05) is 45.1 Å². The summed E-state index contributed by atoms with van der Waals surface area (Å²) in [7, 11) is 1.81.